The molecule has 3 rings (SSSR count). The molecule has 3 aromatic heterocycles. The molecule has 0 aromatic carbocycles. The van der Waals surface area contributed by atoms with Crippen molar-refractivity contribution in [2.45, 2.75) is 13.8 Å². The van der Waals surface area contributed by atoms with E-state index >= 15 is 0 Å². The van der Waals surface area contributed by atoms with E-state index in [1.54, 1.807) is 19.2 Å². The zero-order valence-electron chi connectivity index (χ0n) is 11.3. The fraction of sp³-hybridized carbons (Fsp3) is 0.154. The molecule has 3 heterocycles. The van der Waals surface area contributed by atoms with Crippen LogP contribution in [0.4, 0.5) is 5.13 Å². The molecular formula is C13H11N5O2S. The van der Waals surface area contributed by atoms with Crippen LogP contribution in [-0.4, -0.2) is 25.5 Å². The molecule has 0 fully saturated rings. The number of nitrogens with one attached hydrogen (secondary N) is 1. The van der Waals surface area contributed by atoms with Gasteiger partial charge in [0.2, 0.25) is 5.13 Å². The summed E-state index contributed by atoms with van der Waals surface area (Å²) in [5.74, 6) is -0.542. The highest BCUT2D eigenvalue weighted by Gasteiger charge is 2.15. The minimum atomic E-state index is -0.542. The van der Waals surface area contributed by atoms with Crippen LogP contribution in [0.1, 0.15) is 20.9 Å². The van der Waals surface area contributed by atoms with Gasteiger partial charge in [-0.25, -0.2) is 4.98 Å². The van der Waals surface area contributed by atoms with Crippen LogP contribution >= 0.6 is 11.3 Å². The third-order valence-electron chi connectivity index (χ3n) is 2.84. The lowest BCUT2D eigenvalue weighted by Gasteiger charge is -2.04. The number of amides is 1. The van der Waals surface area contributed by atoms with Crippen LogP contribution in [0.2, 0.25) is 0 Å². The maximum absolute atomic E-state index is 12.3. The molecule has 8 heteroatoms. The number of rotatable bonds is 2. The summed E-state index contributed by atoms with van der Waals surface area (Å²) in [7, 11) is 0. The maximum atomic E-state index is 12.3. The van der Waals surface area contributed by atoms with Gasteiger partial charge >= 0.3 is 0 Å². The van der Waals surface area contributed by atoms with Crippen molar-refractivity contribution in [2.24, 2.45) is 0 Å². The van der Waals surface area contributed by atoms with Gasteiger partial charge in [0.05, 0.1) is 0 Å². The number of aromatic nitrogens is 4. The topological polar surface area (TPSA) is 89.2 Å². The summed E-state index contributed by atoms with van der Waals surface area (Å²) in [4.78, 5) is 28.6. The molecule has 0 atom stereocenters. The second-order valence-corrected chi connectivity index (χ2v) is 5.67. The van der Waals surface area contributed by atoms with E-state index in [9.17, 15) is 9.59 Å². The lowest BCUT2D eigenvalue weighted by molar-refractivity contribution is 0.102. The van der Waals surface area contributed by atoms with Crippen molar-refractivity contribution in [3.05, 3.63) is 51.0 Å². The van der Waals surface area contributed by atoms with Crippen LogP contribution in [0.3, 0.4) is 0 Å². The Balaban J connectivity index is 2.02. The first-order valence-electron chi connectivity index (χ1n) is 6.14. The van der Waals surface area contributed by atoms with E-state index in [-0.39, 0.29) is 5.56 Å². The molecule has 3 aromatic rings. The third-order valence-corrected chi connectivity index (χ3v) is 3.60. The van der Waals surface area contributed by atoms with Crippen molar-refractivity contribution in [2.75, 3.05) is 5.32 Å². The monoisotopic (exact) mass is 301 g/mol. The van der Waals surface area contributed by atoms with E-state index in [2.05, 4.69) is 20.5 Å². The SMILES string of the molecule is Cc1ccc2ncc(C(=O)Nc3nnc(C)s3)c(=O)n2c1. The van der Waals surface area contributed by atoms with E-state index in [0.29, 0.717) is 10.8 Å². The maximum Gasteiger partial charge on any atom is 0.270 e. The number of carbonyl (C=O) groups is 1. The Hall–Kier alpha value is -2.61. The van der Waals surface area contributed by atoms with Crippen LogP contribution in [0.5, 0.6) is 0 Å². The lowest BCUT2D eigenvalue weighted by Crippen LogP contribution is -2.26. The predicted octanol–water partition coefficient (Wildman–Crippen LogP) is 1.42. The molecule has 0 saturated carbocycles. The summed E-state index contributed by atoms with van der Waals surface area (Å²) in [6, 6.07) is 3.58. The van der Waals surface area contributed by atoms with E-state index < -0.39 is 11.5 Å². The Morgan fingerprint density at radius 2 is 2.10 bits per heavy atom. The van der Waals surface area contributed by atoms with Gasteiger partial charge in [0, 0.05) is 12.4 Å². The normalized spacial score (nSPS) is 10.8. The minimum Gasteiger partial charge on any atom is -0.296 e. The summed E-state index contributed by atoms with van der Waals surface area (Å²) in [5.41, 5.74) is 0.950. The zero-order chi connectivity index (χ0) is 15.0. The van der Waals surface area contributed by atoms with Crippen LogP contribution in [0.15, 0.2) is 29.3 Å². The van der Waals surface area contributed by atoms with Gasteiger partial charge in [-0.1, -0.05) is 17.4 Å². The van der Waals surface area contributed by atoms with E-state index in [1.165, 1.54) is 21.9 Å². The molecule has 0 saturated heterocycles. The van der Waals surface area contributed by atoms with Gasteiger partial charge < -0.3 is 0 Å². The summed E-state index contributed by atoms with van der Waals surface area (Å²) < 4.78 is 1.36. The van der Waals surface area contributed by atoms with Crippen LogP contribution in [0, 0.1) is 13.8 Å². The Morgan fingerprint density at radius 3 is 2.81 bits per heavy atom. The highest BCUT2D eigenvalue weighted by molar-refractivity contribution is 7.15. The highest BCUT2D eigenvalue weighted by atomic mass is 32.1. The zero-order valence-corrected chi connectivity index (χ0v) is 12.1. The van der Waals surface area contributed by atoms with Gasteiger partial charge in [-0.3, -0.25) is 19.3 Å². The van der Waals surface area contributed by atoms with Crippen molar-refractivity contribution in [1.29, 1.82) is 0 Å². The molecular weight excluding hydrogens is 290 g/mol. The minimum absolute atomic E-state index is 0.0362. The number of fused-ring (bicyclic) bond motifs is 1. The number of carbonyl (C=O) groups excluding carboxylic acids is 1. The Kier molecular flexibility index (Phi) is 3.22. The summed E-state index contributed by atoms with van der Waals surface area (Å²) in [6.45, 7) is 3.64. The summed E-state index contributed by atoms with van der Waals surface area (Å²) >= 11 is 1.24. The molecule has 106 valence electrons. The van der Waals surface area contributed by atoms with Gasteiger partial charge in [0.15, 0.2) is 0 Å². The number of pyridine rings is 1. The molecule has 0 aliphatic carbocycles. The molecule has 0 aliphatic rings. The quantitative estimate of drug-likeness (QED) is 0.773. The van der Waals surface area contributed by atoms with Crippen molar-refractivity contribution < 1.29 is 4.79 Å². The fourth-order valence-electron chi connectivity index (χ4n) is 1.85. The first-order chi connectivity index (χ1) is 10.0. The predicted molar refractivity (Wildman–Crippen MR) is 78.8 cm³/mol. The number of hydrogen-bond acceptors (Lipinski definition) is 6. The van der Waals surface area contributed by atoms with Crippen molar-refractivity contribution in [3.8, 4) is 0 Å². The van der Waals surface area contributed by atoms with Crippen LogP contribution in [0.25, 0.3) is 5.65 Å². The smallest absolute Gasteiger partial charge is 0.270 e. The van der Waals surface area contributed by atoms with Crippen molar-refractivity contribution in [1.82, 2.24) is 19.6 Å². The highest BCUT2D eigenvalue weighted by Crippen LogP contribution is 2.14. The first-order valence-corrected chi connectivity index (χ1v) is 6.96. The lowest BCUT2D eigenvalue weighted by atomic mass is 10.3. The van der Waals surface area contributed by atoms with E-state index in [4.69, 9.17) is 0 Å². The number of aryl methyl sites for hydroxylation is 2. The Labute approximate surface area is 123 Å². The number of hydrogen-bond donors (Lipinski definition) is 1. The van der Waals surface area contributed by atoms with Gasteiger partial charge in [0.1, 0.15) is 16.2 Å². The third kappa shape index (κ3) is 2.52. The molecule has 7 nitrogen and oxygen atoms in total. The Bertz CT molecular complexity index is 899. The van der Waals surface area contributed by atoms with Gasteiger partial charge in [-0.2, -0.15) is 0 Å². The molecule has 0 bridgehead atoms. The molecule has 1 amide bonds. The average Bonchev–Trinajstić information content (AvgIpc) is 2.85. The molecule has 0 aliphatic heterocycles. The molecule has 0 unspecified atom stereocenters. The standard InChI is InChI=1S/C13H11N5O2S/c1-7-3-4-10-14-5-9(12(20)18(10)6-7)11(19)15-13-17-16-8(2)21-13/h3-6H,1-2H3,(H,15,17,19). The second kappa shape index (κ2) is 5.06. The van der Waals surface area contributed by atoms with E-state index in [1.807, 2.05) is 13.0 Å². The van der Waals surface area contributed by atoms with Crippen LogP contribution < -0.4 is 10.9 Å². The van der Waals surface area contributed by atoms with E-state index in [0.717, 1.165) is 10.6 Å². The van der Waals surface area contributed by atoms with Crippen molar-refractivity contribution in [3.63, 3.8) is 0 Å². The second-order valence-electron chi connectivity index (χ2n) is 4.49. The Morgan fingerprint density at radius 1 is 1.29 bits per heavy atom. The number of nitrogens with zero attached hydrogens (tertiary/aromatic N) is 4. The number of anilines is 1. The average molecular weight is 301 g/mol. The largest absolute Gasteiger partial charge is 0.296 e. The molecule has 0 radical (unpaired) electrons. The molecule has 0 spiro atoms. The van der Waals surface area contributed by atoms with Crippen LogP contribution in [-0.2, 0) is 0 Å². The fourth-order valence-corrected chi connectivity index (χ4v) is 2.44. The molecule has 1 N–H and O–H groups in total. The van der Waals surface area contributed by atoms with Gasteiger partial charge in [0.25, 0.3) is 11.5 Å². The summed E-state index contributed by atoms with van der Waals surface area (Å²) in [6.07, 6.45) is 2.92. The molecule has 21 heavy (non-hydrogen) atoms. The first kappa shape index (κ1) is 13.4. The van der Waals surface area contributed by atoms with Gasteiger partial charge in [-0.05, 0) is 25.5 Å². The van der Waals surface area contributed by atoms with Gasteiger partial charge in [-0.15, -0.1) is 10.2 Å². The van der Waals surface area contributed by atoms with Crippen molar-refractivity contribution >= 4 is 28.0 Å². The summed E-state index contributed by atoms with van der Waals surface area (Å²) in [5, 5.41) is 11.2.